The minimum atomic E-state index is 0.119. The van der Waals surface area contributed by atoms with Crippen LogP contribution in [-0.2, 0) is 11.2 Å². The first-order valence-corrected chi connectivity index (χ1v) is 6.36. The molecule has 4 heteroatoms. The number of nitrogens with zero attached hydrogens (tertiary/aromatic N) is 1. The van der Waals surface area contributed by atoms with Gasteiger partial charge in [-0.25, -0.2) is 4.98 Å². The second-order valence-corrected chi connectivity index (χ2v) is 5.21. The Kier molecular flexibility index (Phi) is 3.46. The van der Waals surface area contributed by atoms with Gasteiger partial charge in [-0.3, -0.25) is 4.79 Å². The lowest BCUT2D eigenvalue weighted by atomic mass is 10.2. The predicted octanol–water partition coefficient (Wildman–Crippen LogP) is 2.76. The van der Waals surface area contributed by atoms with Crippen LogP contribution in [0.3, 0.4) is 0 Å². The maximum Gasteiger partial charge on any atom is 0.207 e. The normalized spacial score (nSPS) is 21.5. The van der Waals surface area contributed by atoms with E-state index in [4.69, 9.17) is 4.42 Å². The van der Waals surface area contributed by atoms with Crippen LogP contribution in [0.4, 0.5) is 0 Å². The lowest BCUT2D eigenvalue weighted by Crippen LogP contribution is -2.02. The van der Waals surface area contributed by atoms with Crippen molar-refractivity contribution in [2.75, 3.05) is 5.75 Å². The monoisotopic (exact) mass is 225 g/mol. The maximum absolute atomic E-state index is 10.9. The molecule has 0 amide bonds. The second kappa shape index (κ2) is 4.84. The van der Waals surface area contributed by atoms with Crippen LogP contribution < -0.4 is 0 Å². The van der Waals surface area contributed by atoms with Crippen LogP contribution in [0.5, 0.6) is 0 Å². The molecule has 1 aromatic heterocycles. The molecular formula is C11H15NO2S. The first-order chi connectivity index (χ1) is 7.25. The maximum atomic E-state index is 10.9. The van der Waals surface area contributed by atoms with Crippen molar-refractivity contribution in [2.45, 2.75) is 37.9 Å². The minimum Gasteiger partial charge on any atom is -0.444 e. The highest BCUT2D eigenvalue weighted by Gasteiger charge is 2.20. The number of hydrogen-bond acceptors (Lipinski definition) is 4. The number of carbonyl (C=O) groups excluding carboxylic acids is 1. The molecule has 0 aromatic carbocycles. The molecule has 0 spiro atoms. The number of oxazole rings is 1. The summed E-state index contributed by atoms with van der Waals surface area (Å²) in [7, 11) is 0. The fraction of sp³-hybridized carbons (Fsp3) is 0.636. The summed E-state index contributed by atoms with van der Waals surface area (Å²) in [5.41, 5.74) is 0. The van der Waals surface area contributed by atoms with E-state index in [1.165, 1.54) is 18.6 Å². The highest BCUT2D eigenvalue weighted by Crippen LogP contribution is 2.37. The molecule has 0 saturated carbocycles. The molecule has 1 saturated heterocycles. The van der Waals surface area contributed by atoms with Crippen LogP contribution >= 0.6 is 11.8 Å². The van der Waals surface area contributed by atoms with Crippen molar-refractivity contribution in [3.63, 3.8) is 0 Å². The smallest absolute Gasteiger partial charge is 0.207 e. The van der Waals surface area contributed by atoms with Gasteiger partial charge in [-0.2, -0.15) is 0 Å². The molecule has 82 valence electrons. The molecule has 1 aromatic rings. The molecule has 1 fully saturated rings. The van der Waals surface area contributed by atoms with Gasteiger partial charge >= 0.3 is 0 Å². The molecule has 0 bridgehead atoms. The summed E-state index contributed by atoms with van der Waals surface area (Å²) in [6.45, 7) is 1.57. The zero-order valence-corrected chi connectivity index (χ0v) is 9.68. The van der Waals surface area contributed by atoms with Gasteiger partial charge in [0.25, 0.3) is 0 Å². The van der Waals surface area contributed by atoms with Gasteiger partial charge in [-0.05, 0) is 25.5 Å². The van der Waals surface area contributed by atoms with Gasteiger partial charge in [0.05, 0.1) is 17.9 Å². The van der Waals surface area contributed by atoms with E-state index in [0.717, 1.165) is 12.3 Å². The number of hydrogen-bond donors (Lipinski definition) is 0. The van der Waals surface area contributed by atoms with E-state index >= 15 is 0 Å². The Morgan fingerprint density at radius 3 is 3.20 bits per heavy atom. The molecule has 1 aliphatic rings. The average Bonchev–Trinajstić information content (AvgIpc) is 2.67. The number of carbonyl (C=O) groups is 1. The first-order valence-electron chi connectivity index (χ1n) is 5.31. The van der Waals surface area contributed by atoms with Crippen molar-refractivity contribution in [1.82, 2.24) is 4.98 Å². The van der Waals surface area contributed by atoms with Crippen molar-refractivity contribution in [2.24, 2.45) is 0 Å². The van der Waals surface area contributed by atoms with Crippen LogP contribution in [0.15, 0.2) is 10.6 Å². The van der Waals surface area contributed by atoms with E-state index in [9.17, 15) is 4.79 Å². The molecule has 0 aliphatic carbocycles. The van der Waals surface area contributed by atoms with Crippen LogP contribution in [0.2, 0.25) is 0 Å². The van der Waals surface area contributed by atoms with Gasteiger partial charge in [0.1, 0.15) is 11.5 Å². The molecule has 3 nitrogen and oxygen atoms in total. The third kappa shape index (κ3) is 2.84. The number of thioether (sulfide) groups is 1. The van der Waals surface area contributed by atoms with Gasteiger partial charge < -0.3 is 4.42 Å². The Balaban J connectivity index is 2.02. The zero-order valence-electron chi connectivity index (χ0n) is 8.86. The summed E-state index contributed by atoms with van der Waals surface area (Å²) in [5, 5.41) is 0.402. The van der Waals surface area contributed by atoms with Gasteiger partial charge in [0, 0.05) is 0 Å². The number of aromatic nitrogens is 1. The summed E-state index contributed by atoms with van der Waals surface area (Å²) in [4.78, 5) is 15.2. The molecule has 15 heavy (non-hydrogen) atoms. The Bertz CT molecular complexity index is 342. The predicted molar refractivity (Wildman–Crippen MR) is 59.9 cm³/mol. The fourth-order valence-corrected chi connectivity index (χ4v) is 2.97. The minimum absolute atomic E-state index is 0.119. The van der Waals surface area contributed by atoms with Crippen LogP contribution in [0, 0.1) is 0 Å². The van der Waals surface area contributed by atoms with Crippen molar-refractivity contribution in [3.05, 3.63) is 17.8 Å². The van der Waals surface area contributed by atoms with E-state index in [1.54, 1.807) is 13.1 Å². The Labute approximate surface area is 93.6 Å². The number of Topliss-reactive ketones (excluding diaryl/α,β-unsaturated/α-hetero) is 1. The van der Waals surface area contributed by atoms with Gasteiger partial charge in [0.15, 0.2) is 0 Å². The van der Waals surface area contributed by atoms with Crippen molar-refractivity contribution in [3.8, 4) is 0 Å². The molecule has 1 unspecified atom stereocenters. The Morgan fingerprint density at radius 2 is 2.53 bits per heavy atom. The van der Waals surface area contributed by atoms with Crippen LogP contribution in [-0.4, -0.2) is 16.5 Å². The Morgan fingerprint density at radius 1 is 1.67 bits per heavy atom. The lowest BCUT2D eigenvalue weighted by Gasteiger charge is -2.17. The summed E-state index contributed by atoms with van der Waals surface area (Å²) in [6, 6.07) is 0. The third-order valence-corrected chi connectivity index (χ3v) is 3.81. The summed E-state index contributed by atoms with van der Waals surface area (Å²) in [5.74, 6) is 2.81. The Hall–Kier alpha value is -0.770. The van der Waals surface area contributed by atoms with Gasteiger partial charge in [0.2, 0.25) is 5.89 Å². The van der Waals surface area contributed by atoms with Crippen LogP contribution in [0.25, 0.3) is 0 Å². The van der Waals surface area contributed by atoms with E-state index in [0.29, 0.717) is 17.4 Å². The molecular weight excluding hydrogens is 210 g/mol. The highest BCUT2D eigenvalue weighted by atomic mass is 32.2. The SMILES string of the molecule is CC(=O)Cc1cnc(C2CCCCS2)o1. The second-order valence-electron chi connectivity index (χ2n) is 3.90. The lowest BCUT2D eigenvalue weighted by molar-refractivity contribution is -0.116. The van der Waals surface area contributed by atoms with Gasteiger partial charge in [-0.1, -0.05) is 6.42 Å². The van der Waals surface area contributed by atoms with E-state index < -0.39 is 0 Å². The van der Waals surface area contributed by atoms with E-state index in [2.05, 4.69) is 4.98 Å². The fourth-order valence-electron chi connectivity index (χ4n) is 1.73. The number of rotatable bonds is 3. The summed E-state index contributed by atoms with van der Waals surface area (Å²) < 4.78 is 5.58. The van der Waals surface area contributed by atoms with Crippen molar-refractivity contribution in [1.29, 1.82) is 0 Å². The quantitative estimate of drug-likeness (QED) is 0.793. The van der Waals surface area contributed by atoms with Crippen molar-refractivity contribution < 1.29 is 9.21 Å². The topological polar surface area (TPSA) is 43.1 Å². The molecule has 0 N–H and O–H groups in total. The summed E-state index contributed by atoms with van der Waals surface area (Å²) in [6.07, 6.45) is 5.74. The van der Waals surface area contributed by atoms with Crippen molar-refractivity contribution >= 4 is 17.5 Å². The largest absolute Gasteiger partial charge is 0.444 e. The first kappa shape index (κ1) is 10.7. The molecule has 1 aliphatic heterocycles. The molecule has 1 atom stereocenters. The highest BCUT2D eigenvalue weighted by molar-refractivity contribution is 7.99. The number of ketones is 1. The standard InChI is InChI=1S/C11H15NO2S/c1-8(13)6-9-7-12-11(14-9)10-4-2-3-5-15-10/h7,10H,2-6H2,1H3. The van der Waals surface area contributed by atoms with Crippen LogP contribution in [0.1, 0.15) is 43.1 Å². The van der Waals surface area contributed by atoms with E-state index in [1.807, 2.05) is 11.8 Å². The third-order valence-electron chi connectivity index (χ3n) is 2.45. The summed E-state index contributed by atoms with van der Waals surface area (Å²) >= 11 is 1.91. The van der Waals surface area contributed by atoms with E-state index in [-0.39, 0.29) is 5.78 Å². The average molecular weight is 225 g/mol. The molecule has 2 rings (SSSR count). The molecule has 0 radical (unpaired) electrons. The van der Waals surface area contributed by atoms with Gasteiger partial charge in [-0.15, -0.1) is 11.8 Å². The molecule has 2 heterocycles. The zero-order chi connectivity index (χ0) is 10.7.